The summed E-state index contributed by atoms with van der Waals surface area (Å²) in [5, 5.41) is 7.28. The van der Waals surface area contributed by atoms with Crippen LogP contribution in [0.1, 0.15) is 36.6 Å². The Bertz CT molecular complexity index is 1540. The van der Waals surface area contributed by atoms with Gasteiger partial charge in [0.05, 0.1) is 18.9 Å². The number of hydrogen-bond donors (Lipinski definition) is 2. The number of methoxy groups -OCH3 is 1. The van der Waals surface area contributed by atoms with Crippen LogP contribution >= 0.6 is 27.5 Å². The molecule has 0 aromatic heterocycles. The second kappa shape index (κ2) is 12.9. The molecule has 0 radical (unpaired) electrons. The lowest BCUT2D eigenvalue weighted by atomic mass is 10.1. The van der Waals surface area contributed by atoms with E-state index in [0.717, 1.165) is 4.47 Å². The van der Waals surface area contributed by atoms with E-state index in [-0.39, 0.29) is 17.2 Å². The summed E-state index contributed by atoms with van der Waals surface area (Å²) in [5.74, 6) is -0.508. The summed E-state index contributed by atoms with van der Waals surface area (Å²) in [4.78, 5) is 37.8. The Kier molecular flexibility index (Phi) is 9.09. The molecular formula is C29H21BrClN3O5. The zero-order chi connectivity index (χ0) is 27.8. The van der Waals surface area contributed by atoms with Crippen LogP contribution in [0.3, 0.4) is 0 Å². The van der Waals surface area contributed by atoms with Crippen molar-refractivity contribution in [2.24, 2.45) is 5.10 Å². The molecular weight excluding hydrogens is 586 g/mol. The molecule has 0 spiro atoms. The molecule has 39 heavy (non-hydrogen) atoms. The third kappa shape index (κ3) is 7.53. The van der Waals surface area contributed by atoms with Crippen LogP contribution in [0.2, 0.25) is 5.02 Å². The second-order valence-electron chi connectivity index (χ2n) is 8.04. The fraction of sp³-hybridized carbons (Fsp3) is 0.0345. The summed E-state index contributed by atoms with van der Waals surface area (Å²) in [7, 11) is 1.55. The Balaban J connectivity index is 1.41. The number of nitrogens with one attached hydrogen (secondary N) is 2. The minimum atomic E-state index is -0.568. The van der Waals surface area contributed by atoms with Gasteiger partial charge < -0.3 is 14.8 Å². The summed E-state index contributed by atoms with van der Waals surface area (Å²) in [6, 6.07) is 24.4. The number of benzene rings is 4. The maximum Gasteiger partial charge on any atom is 0.343 e. The lowest BCUT2D eigenvalue weighted by Crippen LogP contribution is -2.18. The van der Waals surface area contributed by atoms with E-state index in [1.54, 1.807) is 92.0 Å². The van der Waals surface area contributed by atoms with Crippen molar-refractivity contribution in [3.05, 3.63) is 123 Å². The Labute approximate surface area is 237 Å². The van der Waals surface area contributed by atoms with Gasteiger partial charge in [0.25, 0.3) is 11.8 Å². The molecule has 0 saturated carbocycles. The number of esters is 1. The highest BCUT2D eigenvalue weighted by Gasteiger charge is 2.13. The molecule has 2 N–H and O–H groups in total. The summed E-state index contributed by atoms with van der Waals surface area (Å²) in [6.45, 7) is 0. The Hall–Kier alpha value is -4.47. The third-order valence-corrected chi connectivity index (χ3v) is 6.10. The lowest BCUT2D eigenvalue weighted by Gasteiger charge is -2.09. The van der Waals surface area contributed by atoms with Crippen molar-refractivity contribution < 1.29 is 23.9 Å². The third-order valence-electron chi connectivity index (χ3n) is 5.36. The smallest absolute Gasteiger partial charge is 0.343 e. The number of rotatable bonds is 8. The Morgan fingerprint density at radius 3 is 2.28 bits per heavy atom. The van der Waals surface area contributed by atoms with Crippen molar-refractivity contribution in [1.82, 2.24) is 5.43 Å². The molecule has 0 saturated heterocycles. The molecule has 2 amide bonds. The molecule has 0 unspecified atom stereocenters. The first-order chi connectivity index (χ1) is 18.8. The number of nitrogens with zero attached hydrogens (tertiary/aromatic N) is 1. The molecule has 0 aliphatic rings. The normalized spacial score (nSPS) is 10.6. The van der Waals surface area contributed by atoms with Crippen LogP contribution in [0.5, 0.6) is 11.5 Å². The van der Waals surface area contributed by atoms with Gasteiger partial charge in [-0.1, -0.05) is 33.6 Å². The predicted molar refractivity (Wildman–Crippen MR) is 153 cm³/mol. The number of halogens is 2. The number of hydrazone groups is 1. The highest BCUT2D eigenvalue weighted by Crippen LogP contribution is 2.23. The summed E-state index contributed by atoms with van der Waals surface area (Å²) in [5.41, 5.74) is 4.39. The van der Waals surface area contributed by atoms with E-state index in [1.807, 2.05) is 0 Å². The zero-order valence-corrected chi connectivity index (χ0v) is 22.8. The average molecular weight is 607 g/mol. The second-order valence-corrected chi connectivity index (χ2v) is 9.39. The van der Waals surface area contributed by atoms with Crippen LogP contribution in [-0.4, -0.2) is 31.1 Å². The van der Waals surface area contributed by atoms with Crippen LogP contribution in [0.4, 0.5) is 5.69 Å². The molecule has 0 aliphatic heterocycles. The van der Waals surface area contributed by atoms with Gasteiger partial charge in [0.15, 0.2) is 0 Å². The molecule has 10 heteroatoms. The maximum atomic E-state index is 12.7. The fourth-order valence-corrected chi connectivity index (χ4v) is 3.87. The van der Waals surface area contributed by atoms with Crippen molar-refractivity contribution in [3.63, 3.8) is 0 Å². The number of carbonyl (C=O) groups excluding carboxylic acids is 3. The van der Waals surface area contributed by atoms with Gasteiger partial charge >= 0.3 is 5.97 Å². The SMILES string of the molecule is COc1ccc(C(=O)Nc2cccc(C(=O)NN=Cc3cc(Br)ccc3OC(=O)c3ccc(Cl)cc3)c2)cc1. The summed E-state index contributed by atoms with van der Waals surface area (Å²) in [6.07, 6.45) is 1.36. The van der Waals surface area contributed by atoms with Crippen molar-refractivity contribution in [2.75, 3.05) is 12.4 Å². The number of hydrogen-bond acceptors (Lipinski definition) is 6. The van der Waals surface area contributed by atoms with Crippen LogP contribution < -0.4 is 20.2 Å². The highest BCUT2D eigenvalue weighted by molar-refractivity contribution is 9.10. The topological polar surface area (TPSA) is 106 Å². The molecule has 8 nitrogen and oxygen atoms in total. The van der Waals surface area contributed by atoms with Crippen LogP contribution in [0.15, 0.2) is 101 Å². The first-order valence-electron chi connectivity index (χ1n) is 11.5. The van der Waals surface area contributed by atoms with Crippen molar-refractivity contribution in [1.29, 1.82) is 0 Å². The lowest BCUT2D eigenvalue weighted by molar-refractivity contribution is 0.0734. The molecule has 4 rings (SSSR count). The molecule has 0 atom stereocenters. The summed E-state index contributed by atoms with van der Waals surface area (Å²) >= 11 is 9.26. The number of carbonyl (C=O) groups is 3. The van der Waals surface area contributed by atoms with Gasteiger partial charge in [-0.05, 0) is 84.9 Å². The van der Waals surface area contributed by atoms with E-state index < -0.39 is 11.9 Å². The quantitative estimate of drug-likeness (QED) is 0.105. The molecule has 0 aliphatic carbocycles. The number of anilines is 1. The first kappa shape index (κ1) is 27.6. The van der Waals surface area contributed by atoms with Crippen molar-refractivity contribution >= 4 is 57.2 Å². The van der Waals surface area contributed by atoms with Gasteiger partial charge in [0.2, 0.25) is 0 Å². The van der Waals surface area contributed by atoms with Crippen molar-refractivity contribution in [3.8, 4) is 11.5 Å². The molecule has 0 heterocycles. The van der Waals surface area contributed by atoms with Gasteiger partial charge in [-0.25, -0.2) is 10.2 Å². The monoisotopic (exact) mass is 605 g/mol. The molecule has 196 valence electrons. The highest BCUT2D eigenvalue weighted by atomic mass is 79.9. The first-order valence-corrected chi connectivity index (χ1v) is 12.7. The van der Waals surface area contributed by atoms with Crippen LogP contribution in [0.25, 0.3) is 0 Å². The molecule has 0 bridgehead atoms. The largest absolute Gasteiger partial charge is 0.497 e. The van der Waals surface area contributed by atoms with E-state index in [0.29, 0.717) is 33.1 Å². The minimum absolute atomic E-state index is 0.249. The van der Waals surface area contributed by atoms with Crippen molar-refractivity contribution in [2.45, 2.75) is 0 Å². The van der Waals surface area contributed by atoms with Gasteiger partial charge in [0.1, 0.15) is 11.5 Å². The van der Waals surface area contributed by atoms with Gasteiger partial charge in [-0.2, -0.15) is 5.10 Å². The molecule has 0 fully saturated rings. The fourth-order valence-electron chi connectivity index (χ4n) is 3.37. The average Bonchev–Trinajstić information content (AvgIpc) is 2.94. The minimum Gasteiger partial charge on any atom is -0.497 e. The Morgan fingerprint density at radius 1 is 0.846 bits per heavy atom. The van der Waals surface area contributed by atoms with E-state index in [4.69, 9.17) is 21.1 Å². The number of amides is 2. The number of ether oxygens (including phenoxy) is 2. The van der Waals surface area contributed by atoms with Crippen LogP contribution in [0, 0.1) is 0 Å². The van der Waals surface area contributed by atoms with Gasteiger partial charge in [-0.15, -0.1) is 0 Å². The van der Waals surface area contributed by atoms with E-state index in [9.17, 15) is 14.4 Å². The van der Waals surface area contributed by atoms with E-state index >= 15 is 0 Å². The standard InChI is InChI=1S/C29H21BrClN3O5/c1-38-25-12-7-18(8-13-25)27(35)33-24-4-2-3-20(16-24)28(36)34-32-17-21-15-22(30)9-14-26(21)39-29(37)19-5-10-23(31)11-6-19/h2-17H,1H3,(H,33,35)(H,34,36). The summed E-state index contributed by atoms with van der Waals surface area (Å²) < 4.78 is 11.3. The van der Waals surface area contributed by atoms with Gasteiger partial charge in [0, 0.05) is 31.9 Å². The molecule has 4 aromatic carbocycles. The Morgan fingerprint density at radius 2 is 1.56 bits per heavy atom. The van der Waals surface area contributed by atoms with E-state index in [1.165, 1.54) is 12.3 Å². The van der Waals surface area contributed by atoms with E-state index in [2.05, 4.69) is 31.8 Å². The zero-order valence-electron chi connectivity index (χ0n) is 20.5. The van der Waals surface area contributed by atoms with Crippen LogP contribution in [-0.2, 0) is 0 Å². The predicted octanol–water partition coefficient (Wildman–Crippen LogP) is 6.35. The van der Waals surface area contributed by atoms with Gasteiger partial charge in [-0.3, -0.25) is 9.59 Å². The maximum absolute atomic E-state index is 12.7. The molecule has 4 aromatic rings.